The lowest BCUT2D eigenvalue weighted by Gasteiger charge is -2.16. The predicted molar refractivity (Wildman–Crippen MR) is 125 cm³/mol. The van der Waals surface area contributed by atoms with Gasteiger partial charge in [-0.15, -0.1) is 0 Å². The summed E-state index contributed by atoms with van der Waals surface area (Å²) >= 11 is 0. The molecule has 0 atom stereocenters. The molecule has 32 heavy (non-hydrogen) atoms. The third kappa shape index (κ3) is 4.08. The molecule has 3 aromatic carbocycles. The van der Waals surface area contributed by atoms with Crippen LogP contribution >= 0.6 is 0 Å². The molecular formula is C26H25N3O3. The normalized spacial score (nSPS) is 14.1. The first-order valence-electron chi connectivity index (χ1n) is 11.1. The predicted octanol–water partition coefficient (Wildman–Crippen LogP) is 4.36. The maximum absolute atomic E-state index is 13.0. The highest BCUT2D eigenvalue weighted by Crippen LogP contribution is 2.28. The van der Waals surface area contributed by atoms with Crippen LogP contribution in [0.1, 0.15) is 37.4 Å². The van der Waals surface area contributed by atoms with Gasteiger partial charge in [-0.2, -0.15) is 5.10 Å². The van der Waals surface area contributed by atoms with Gasteiger partial charge < -0.3 is 10.1 Å². The van der Waals surface area contributed by atoms with E-state index in [0.717, 1.165) is 41.8 Å². The second-order valence-corrected chi connectivity index (χ2v) is 8.25. The van der Waals surface area contributed by atoms with Gasteiger partial charge in [-0.25, -0.2) is 4.68 Å². The molecule has 1 fully saturated rings. The van der Waals surface area contributed by atoms with Gasteiger partial charge in [0.25, 0.3) is 11.5 Å². The maximum Gasteiger partial charge on any atom is 0.274 e. The molecule has 0 bridgehead atoms. The number of benzene rings is 3. The Kier molecular flexibility index (Phi) is 5.58. The fraction of sp³-hybridized carbons (Fsp3) is 0.269. The summed E-state index contributed by atoms with van der Waals surface area (Å²) in [5, 5.41) is 11.2. The molecule has 0 radical (unpaired) electrons. The highest BCUT2D eigenvalue weighted by Gasteiger charge is 2.21. The molecule has 6 heteroatoms. The van der Waals surface area contributed by atoms with E-state index < -0.39 is 0 Å². The van der Waals surface area contributed by atoms with Crippen LogP contribution in [-0.2, 0) is 11.3 Å². The molecule has 4 aromatic rings. The van der Waals surface area contributed by atoms with Crippen LogP contribution in [-0.4, -0.2) is 22.3 Å². The average molecular weight is 428 g/mol. The number of amides is 1. The van der Waals surface area contributed by atoms with Crippen molar-refractivity contribution in [2.45, 2.75) is 38.3 Å². The molecule has 1 aromatic heterocycles. The zero-order chi connectivity index (χ0) is 21.9. The van der Waals surface area contributed by atoms with Crippen molar-refractivity contribution in [2.24, 2.45) is 0 Å². The smallest absolute Gasteiger partial charge is 0.274 e. The minimum atomic E-state index is -0.234. The van der Waals surface area contributed by atoms with Gasteiger partial charge in [0.2, 0.25) is 0 Å². The van der Waals surface area contributed by atoms with E-state index >= 15 is 0 Å². The number of nitrogens with one attached hydrogen (secondary N) is 1. The molecule has 162 valence electrons. The van der Waals surface area contributed by atoms with Crippen LogP contribution in [0.4, 0.5) is 0 Å². The zero-order valence-corrected chi connectivity index (χ0v) is 17.8. The minimum absolute atomic E-state index is 0.0535. The van der Waals surface area contributed by atoms with Crippen LogP contribution in [0.3, 0.4) is 0 Å². The molecule has 1 aliphatic rings. The van der Waals surface area contributed by atoms with E-state index in [2.05, 4.69) is 10.4 Å². The topological polar surface area (TPSA) is 73.2 Å². The van der Waals surface area contributed by atoms with E-state index in [1.807, 2.05) is 66.7 Å². The number of aromatic nitrogens is 2. The first-order valence-corrected chi connectivity index (χ1v) is 11.1. The van der Waals surface area contributed by atoms with Gasteiger partial charge in [0.15, 0.2) is 6.61 Å². The van der Waals surface area contributed by atoms with Crippen LogP contribution in [0.2, 0.25) is 0 Å². The lowest BCUT2D eigenvalue weighted by atomic mass is 10.1. The molecule has 0 saturated heterocycles. The number of nitrogens with zero attached hydrogens (tertiary/aromatic N) is 2. The van der Waals surface area contributed by atoms with Crippen molar-refractivity contribution in [1.82, 2.24) is 15.1 Å². The Morgan fingerprint density at radius 2 is 1.69 bits per heavy atom. The van der Waals surface area contributed by atoms with Gasteiger partial charge in [0.1, 0.15) is 5.75 Å². The van der Waals surface area contributed by atoms with Crippen molar-refractivity contribution in [3.8, 4) is 5.75 Å². The highest BCUT2D eigenvalue weighted by atomic mass is 16.5. The van der Waals surface area contributed by atoms with Crippen LogP contribution in [0.15, 0.2) is 71.5 Å². The standard InChI is InChI=1S/C26H25N3O3/c30-25(17-32-21-14-13-18-7-1-2-8-19(18)15-21)27-16-24-22-11-5-6-12-23(22)26(31)29(28-24)20-9-3-4-10-20/h1-2,5-8,11-15,20H,3-4,9-10,16-17H2,(H,27,30). The van der Waals surface area contributed by atoms with E-state index in [-0.39, 0.29) is 30.7 Å². The van der Waals surface area contributed by atoms with Crippen LogP contribution in [0.5, 0.6) is 5.75 Å². The third-order valence-electron chi connectivity index (χ3n) is 6.12. The second-order valence-electron chi connectivity index (χ2n) is 8.25. The van der Waals surface area contributed by atoms with Crippen LogP contribution in [0, 0.1) is 0 Å². The summed E-state index contributed by atoms with van der Waals surface area (Å²) < 4.78 is 7.32. The second kappa shape index (κ2) is 8.83. The molecule has 1 amide bonds. The monoisotopic (exact) mass is 427 g/mol. The number of hydrogen-bond donors (Lipinski definition) is 1. The molecule has 0 spiro atoms. The minimum Gasteiger partial charge on any atom is -0.484 e. The Hall–Kier alpha value is -3.67. The molecule has 1 N–H and O–H groups in total. The van der Waals surface area contributed by atoms with Crippen molar-refractivity contribution in [2.75, 3.05) is 6.61 Å². The zero-order valence-electron chi connectivity index (χ0n) is 17.8. The summed E-state index contributed by atoms with van der Waals surface area (Å²) in [6.45, 7) is 0.159. The number of rotatable bonds is 6. The Labute approximate surface area is 185 Å². The number of carbonyl (C=O) groups is 1. The van der Waals surface area contributed by atoms with Crippen LogP contribution in [0.25, 0.3) is 21.5 Å². The molecule has 0 unspecified atom stereocenters. The van der Waals surface area contributed by atoms with Crippen molar-refractivity contribution >= 4 is 27.5 Å². The fourth-order valence-electron chi connectivity index (χ4n) is 4.44. The fourth-order valence-corrected chi connectivity index (χ4v) is 4.44. The SMILES string of the molecule is O=C(COc1ccc2ccccc2c1)NCc1nn(C2CCCC2)c(=O)c2ccccc12. The van der Waals surface area contributed by atoms with Crippen molar-refractivity contribution in [3.63, 3.8) is 0 Å². The van der Waals surface area contributed by atoms with Crippen molar-refractivity contribution in [1.29, 1.82) is 0 Å². The van der Waals surface area contributed by atoms with E-state index in [1.165, 1.54) is 0 Å². The summed E-state index contributed by atoms with van der Waals surface area (Å²) in [5.41, 5.74) is 0.647. The molecule has 6 nitrogen and oxygen atoms in total. The van der Waals surface area contributed by atoms with Gasteiger partial charge >= 0.3 is 0 Å². The summed E-state index contributed by atoms with van der Waals surface area (Å²) in [4.78, 5) is 25.4. The van der Waals surface area contributed by atoms with Crippen molar-refractivity contribution in [3.05, 3.63) is 82.8 Å². The number of ether oxygens (including phenoxy) is 1. The number of fused-ring (bicyclic) bond motifs is 2. The lowest BCUT2D eigenvalue weighted by molar-refractivity contribution is -0.123. The van der Waals surface area contributed by atoms with E-state index in [1.54, 1.807) is 4.68 Å². The first-order chi connectivity index (χ1) is 15.7. The molecule has 5 rings (SSSR count). The van der Waals surface area contributed by atoms with Crippen LogP contribution < -0.4 is 15.6 Å². The summed E-state index contributed by atoms with van der Waals surface area (Å²) in [6.07, 6.45) is 4.17. The van der Waals surface area contributed by atoms with E-state index in [0.29, 0.717) is 16.8 Å². The van der Waals surface area contributed by atoms with E-state index in [4.69, 9.17) is 4.74 Å². The third-order valence-corrected chi connectivity index (χ3v) is 6.12. The summed E-state index contributed by atoms with van der Waals surface area (Å²) in [5.74, 6) is 0.417. The lowest BCUT2D eigenvalue weighted by Crippen LogP contribution is -2.32. The molecule has 0 aliphatic heterocycles. The first kappa shape index (κ1) is 20.2. The summed E-state index contributed by atoms with van der Waals surface area (Å²) in [6, 6.07) is 21.4. The molecular weight excluding hydrogens is 402 g/mol. The molecule has 1 aliphatic carbocycles. The van der Waals surface area contributed by atoms with Crippen molar-refractivity contribution < 1.29 is 9.53 Å². The van der Waals surface area contributed by atoms with Gasteiger partial charge in [0.05, 0.1) is 23.7 Å². The molecule has 1 heterocycles. The Bertz CT molecular complexity index is 1340. The van der Waals surface area contributed by atoms with Gasteiger partial charge in [-0.05, 0) is 41.8 Å². The number of carbonyl (C=O) groups excluding carboxylic acids is 1. The maximum atomic E-state index is 13.0. The Morgan fingerprint density at radius 1 is 0.969 bits per heavy atom. The highest BCUT2D eigenvalue weighted by molar-refractivity contribution is 5.85. The van der Waals surface area contributed by atoms with E-state index in [9.17, 15) is 9.59 Å². The Morgan fingerprint density at radius 3 is 2.50 bits per heavy atom. The van der Waals surface area contributed by atoms with Gasteiger partial charge in [-0.1, -0.05) is 61.4 Å². The Balaban J connectivity index is 1.30. The molecule has 1 saturated carbocycles. The van der Waals surface area contributed by atoms with Gasteiger partial charge in [0, 0.05) is 5.39 Å². The largest absolute Gasteiger partial charge is 0.484 e. The van der Waals surface area contributed by atoms with Gasteiger partial charge in [-0.3, -0.25) is 9.59 Å². The number of hydrogen-bond acceptors (Lipinski definition) is 4. The summed E-state index contributed by atoms with van der Waals surface area (Å²) in [7, 11) is 0. The average Bonchev–Trinajstić information content (AvgIpc) is 3.37. The quantitative estimate of drug-likeness (QED) is 0.496.